The van der Waals surface area contributed by atoms with Gasteiger partial charge in [0.1, 0.15) is 11.8 Å². The van der Waals surface area contributed by atoms with Gasteiger partial charge in [-0.1, -0.05) is 96.1 Å². The Morgan fingerprint density at radius 2 is 0.955 bits per heavy atom. The molecule has 0 aliphatic carbocycles. The molecule has 6 aromatic rings. The SMILES string of the molecule is Cc1cc(N(c2ccc(C(C)(C)C)cc2)c2ccc(C(C)(C)C)cc2)cc(N(c2ccccc2)c2coc3ccccc23)c1. The number of anilines is 6. The van der Waals surface area contributed by atoms with Crippen LogP contribution < -0.4 is 9.80 Å². The lowest BCUT2D eigenvalue weighted by Crippen LogP contribution is -2.15. The van der Waals surface area contributed by atoms with E-state index in [0.29, 0.717) is 0 Å². The van der Waals surface area contributed by atoms with Crippen molar-refractivity contribution in [1.29, 1.82) is 0 Å². The smallest absolute Gasteiger partial charge is 0.136 e. The molecular weight excluding hydrogens is 536 g/mol. The van der Waals surface area contributed by atoms with Gasteiger partial charge in [0.05, 0.1) is 5.69 Å². The summed E-state index contributed by atoms with van der Waals surface area (Å²) in [6.07, 6.45) is 1.87. The molecule has 3 nitrogen and oxygen atoms in total. The average Bonchev–Trinajstić information content (AvgIpc) is 3.41. The number of benzene rings is 5. The van der Waals surface area contributed by atoms with Crippen molar-refractivity contribution in [2.75, 3.05) is 9.80 Å². The van der Waals surface area contributed by atoms with Gasteiger partial charge in [-0.3, -0.25) is 0 Å². The monoisotopic (exact) mass is 578 g/mol. The normalized spacial score (nSPS) is 12.0. The van der Waals surface area contributed by atoms with Crippen LogP contribution in [0.4, 0.5) is 34.1 Å². The van der Waals surface area contributed by atoms with E-state index < -0.39 is 0 Å². The quantitative estimate of drug-likeness (QED) is 0.196. The summed E-state index contributed by atoms with van der Waals surface area (Å²) >= 11 is 0. The maximum Gasteiger partial charge on any atom is 0.136 e. The van der Waals surface area contributed by atoms with Gasteiger partial charge in [0.15, 0.2) is 0 Å². The Morgan fingerprint density at radius 1 is 0.477 bits per heavy atom. The Balaban J connectivity index is 1.54. The predicted molar refractivity (Wildman–Crippen MR) is 188 cm³/mol. The van der Waals surface area contributed by atoms with E-state index in [9.17, 15) is 0 Å². The van der Waals surface area contributed by atoms with Crippen LogP contribution >= 0.6 is 0 Å². The van der Waals surface area contributed by atoms with Crippen LogP contribution in [0.2, 0.25) is 0 Å². The first-order valence-corrected chi connectivity index (χ1v) is 15.4. The highest BCUT2D eigenvalue weighted by Gasteiger charge is 2.22. The van der Waals surface area contributed by atoms with Crippen LogP contribution in [0.1, 0.15) is 58.2 Å². The van der Waals surface area contributed by atoms with Gasteiger partial charge in [0.25, 0.3) is 0 Å². The Hall–Kier alpha value is -4.76. The fraction of sp³-hybridized carbons (Fsp3) is 0.220. The van der Waals surface area contributed by atoms with E-state index in [2.05, 4.69) is 167 Å². The molecule has 1 aromatic heterocycles. The molecule has 0 spiro atoms. The minimum absolute atomic E-state index is 0.0811. The summed E-state index contributed by atoms with van der Waals surface area (Å²) in [5.41, 5.74) is 11.3. The van der Waals surface area contributed by atoms with Gasteiger partial charge < -0.3 is 14.2 Å². The number of para-hydroxylation sites is 2. The van der Waals surface area contributed by atoms with Crippen molar-refractivity contribution >= 4 is 45.1 Å². The zero-order valence-corrected chi connectivity index (χ0v) is 26.9. The number of rotatable bonds is 6. The van der Waals surface area contributed by atoms with Crippen molar-refractivity contribution in [3.05, 3.63) is 144 Å². The van der Waals surface area contributed by atoms with Gasteiger partial charge in [-0.2, -0.15) is 0 Å². The number of aryl methyl sites for hydroxylation is 1. The number of fused-ring (bicyclic) bond motifs is 1. The van der Waals surface area contributed by atoms with Crippen molar-refractivity contribution in [2.45, 2.75) is 59.3 Å². The van der Waals surface area contributed by atoms with E-state index in [1.54, 1.807) is 0 Å². The number of hydrogen-bond acceptors (Lipinski definition) is 3. The maximum atomic E-state index is 6.04. The van der Waals surface area contributed by atoms with Gasteiger partial charge in [-0.15, -0.1) is 0 Å². The molecule has 0 aliphatic heterocycles. The van der Waals surface area contributed by atoms with Crippen molar-refractivity contribution in [3.63, 3.8) is 0 Å². The molecule has 0 radical (unpaired) electrons. The lowest BCUT2D eigenvalue weighted by Gasteiger charge is -2.30. The van der Waals surface area contributed by atoms with Crippen LogP contribution in [0.3, 0.4) is 0 Å². The molecule has 0 fully saturated rings. The molecule has 3 heteroatoms. The van der Waals surface area contributed by atoms with E-state index >= 15 is 0 Å². The minimum Gasteiger partial charge on any atom is -0.462 e. The summed E-state index contributed by atoms with van der Waals surface area (Å²) in [7, 11) is 0. The second-order valence-corrected chi connectivity index (χ2v) is 13.7. The van der Waals surface area contributed by atoms with Crippen LogP contribution in [0.25, 0.3) is 11.0 Å². The fourth-order valence-electron chi connectivity index (χ4n) is 5.81. The second-order valence-electron chi connectivity index (χ2n) is 13.7. The van der Waals surface area contributed by atoms with Crippen LogP contribution in [0.5, 0.6) is 0 Å². The van der Waals surface area contributed by atoms with E-state index in [0.717, 1.165) is 45.1 Å². The van der Waals surface area contributed by atoms with Gasteiger partial charge >= 0.3 is 0 Å². The fourth-order valence-corrected chi connectivity index (χ4v) is 5.81. The van der Waals surface area contributed by atoms with E-state index in [1.807, 2.05) is 18.4 Å². The number of furan rings is 1. The Bertz CT molecular complexity index is 1810. The van der Waals surface area contributed by atoms with E-state index in [-0.39, 0.29) is 10.8 Å². The zero-order chi connectivity index (χ0) is 31.1. The molecule has 5 aromatic carbocycles. The molecule has 0 N–H and O–H groups in total. The maximum absolute atomic E-state index is 6.04. The van der Waals surface area contributed by atoms with Gasteiger partial charge in [-0.25, -0.2) is 0 Å². The summed E-state index contributed by atoms with van der Waals surface area (Å²) in [6.45, 7) is 15.7. The topological polar surface area (TPSA) is 19.6 Å². The third kappa shape index (κ3) is 5.88. The second kappa shape index (κ2) is 11.4. The number of hydrogen-bond donors (Lipinski definition) is 0. The Labute approximate surface area is 262 Å². The molecule has 0 bridgehead atoms. The molecule has 0 saturated carbocycles. The summed E-state index contributed by atoms with van der Waals surface area (Å²) in [6, 6.07) is 43.6. The van der Waals surface area contributed by atoms with E-state index in [1.165, 1.54) is 16.7 Å². The summed E-state index contributed by atoms with van der Waals surface area (Å²) in [5, 5.41) is 1.08. The molecule has 44 heavy (non-hydrogen) atoms. The van der Waals surface area contributed by atoms with Gasteiger partial charge in [-0.05, 0) is 101 Å². The molecule has 0 aliphatic rings. The van der Waals surface area contributed by atoms with Crippen molar-refractivity contribution in [3.8, 4) is 0 Å². The van der Waals surface area contributed by atoms with Gasteiger partial charge in [0, 0.05) is 33.8 Å². The first-order chi connectivity index (χ1) is 21.0. The predicted octanol–water partition coefficient (Wildman–Crippen LogP) is 12.3. The molecule has 0 saturated heterocycles. The lowest BCUT2D eigenvalue weighted by molar-refractivity contribution is 0.590. The van der Waals surface area contributed by atoms with Gasteiger partial charge in [0.2, 0.25) is 0 Å². The molecule has 0 amide bonds. The Kier molecular flexibility index (Phi) is 7.59. The van der Waals surface area contributed by atoms with Crippen molar-refractivity contribution < 1.29 is 4.42 Å². The molecule has 6 rings (SSSR count). The van der Waals surface area contributed by atoms with Crippen molar-refractivity contribution in [1.82, 2.24) is 0 Å². The molecule has 1 heterocycles. The number of nitrogens with zero attached hydrogens (tertiary/aromatic N) is 2. The van der Waals surface area contributed by atoms with Crippen LogP contribution in [-0.4, -0.2) is 0 Å². The first kappa shape index (κ1) is 29.3. The molecule has 0 atom stereocenters. The van der Waals surface area contributed by atoms with E-state index in [4.69, 9.17) is 4.42 Å². The summed E-state index contributed by atoms with van der Waals surface area (Å²) in [4.78, 5) is 4.66. The Morgan fingerprint density at radius 3 is 1.50 bits per heavy atom. The van der Waals surface area contributed by atoms with Crippen LogP contribution in [0, 0.1) is 6.92 Å². The molecule has 222 valence electrons. The standard InChI is InChI=1S/C41H42N2O/c1-29-25-35(27-36(26-29)43(32-13-9-8-10-14-32)38-28-44-39-16-12-11-15-37(38)39)42(33-21-17-30(18-22-33)40(2,3)4)34-23-19-31(20-24-34)41(5,6)7/h8-28H,1-7H3. The van der Waals surface area contributed by atoms with Crippen LogP contribution in [-0.2, 0) is 10.8 Å². The summed E-state index contributed by atoms with van der Waals surface area (Å²) < 4.78 is 6.04. The van der Waals surface area contributed by atoms with Crippen molar-refractivity contribution in [2.24, 2.45) is 0 Å². The highest BCUT2D eigenvalue weighted by Crippen LogP contribution is 2.44. The minimum atomic E-state index is 0.0811. The average molecular weight is 579 g/mol. The summed E-state index contributed by atoms with van der Waals surface area (Å²) in [5.74, 6) is 0. The third-order valence-corrected chi connectivity index (χ3v) is 8.26. The molecular formula is C41H42N2O. The molecule has 0 unspecified atom stereocenters. The lowest BCUT2D eigenvalue weighted by atomic mass is 9.86. The largest absolute Gasteiger partial charge is 0.462 e. The zero-order valence-electron chi connectivity index (χ0n) is 26.9. The third-order valence-electron chi connectivity index (χ3n) is 8.26. The highest BCUT2D eigenvalue weighted by atomic mass is 16.3. The first-order valence-electron chi connectivity index (χ1n) is 15.4. The van der Waals surface area contributed by atoms with Crippen LogP contribution in [0.15, 0.2) is 132 Å². The highest BCUT2D eigenvalue weighted by molar-refractivity contribution is 5.97.